The summed E-state index contributed by atoms with van der Waals surface area (Å²) >= 11 is 3.38. The van der Waals surface area contributed by atoms with E-state index in [0.717, 1.165) is 23.6 Å². The lowest BCUT2D eigenvalue weighted by molar-refractivity contribution is -0.384. The highest BCUT2D eigenvalue weighted by Gasteiger charge is 2.16. The molecule has 0 saturated carbocycles. The highest BCUT2D eigenvalue weighted by molar-refractivity contribution is 7.98. The molecule has 0 spiro atoms. The number of hydrogen-bond acceptors (Lipinski definition) is 8. The van der Waals surface area contributed by atoms with Crippen molar-refractivity contribution >= 4 is 46.3 Å². The standard InChI is InChI=1S/C16H17N3O5S2/c17-14-8-11(19(22)23)3-4-13(14)16(21)24-9-15(20)18-5-7-25-10-12-2-1-6-26-12/h1-4,6,8H,5,7,9-10,17H2,(H,18,20). The molecular formula is C16H17N3O5S2. The number of thioether (sulfide) groups is 1. The van der Waals surface area contributed by atoms with E-state index in [1.54, 1.807) is 23.1 Å². The van der Waals surface area contributed by atoms with Crippen LogP contribution in [0.5, 0.6) is 0 Å². The lowest BCUT2D eigenvalue weighted by Crippen LogP contribution is -2.30. The van der Waals surface area contributed by atoms with E-state index >= 15 is 0 Å². The zero-order chi connectivity index (χ0) is 18.9. The number of benzene rings is 1. The number of amides is 1. The van der Waals surface area contributed by atoms with E-state index in [1.807, 2.05) is 11.4 Å². The van der Waals surface area contributed by atoms with E-state index < -0.39 is 23.4 Å². The van der Waals surface area contributed by atoms with E-state index in [9.17, 15) is 19.7 Å². The second-order valence-corrected chi connectivity index (χ2v) is 7.22. The average Bonchev–Trinajstić information content (AvgIpc) is 3.12. The first kappa shape index (κ1) is 19.7. The molecule has 26 heavy (non-hydrogen) atoms. The van der Waals surface area contributed by atoms with Crippen molar-refractivity contribution in [3.05, 3.63) is 56.3 Å². The molecule has 1 amide bonds. The van der Waals surface area contributed by atoms with Gasteiger partial charge in [-0.1, -0.05) is 6.07 Å². The van der Waals surface area contributed by atoms with Crippen LogP contribution < -0.4 is 11.1 Å². The van der Waals surface area contributed by atoms with Crippen molar-refractivity contribution in [3.8, 4) is 0 Å². The van der Waals surface area contributed by atoms with Gasteiger partial charge in [0.25, 0.3) is 11.6 Å². The van der Waals surface area contributed by atoms with Crippen molar-refractivity contribution in [2.24, 2.45) is 0 Å². The Balaban J connectivity index is 1.68. The van der Waals surface area contributed by atoms with Gasteiger partial charge in [-0.25, -0.2) is 4.79 Å². The molecule has 0 aliphatic heterocycles. The molecule has 138 valence electrons. The van der Waals surface area contributed by atoms with Crippen molar-refractivity contribution in [2.75, 3.05) is 24.6 Å². The van der Waals surface area contributed by atoms with Gasteiger partial charge in [-0.2, -0.15) is 11.8 Å². The van der Waals surface area contributed by atoms with E-state index in [1.165, 1.54) is 10.9 Å². The number of nitrogens with zero attached hydrogens (tertiary/aromatic N) is 1. The molecule has 0 atom stereocenters. The van der Waals surface area contributed by atoms with Crippen LogP contribution in [0.2, 0.25) is 0 Å². The molecule has 1 heterocycles. The van der Waals surface area contributed by atoms with Gasteiger partial charge < -0.3 is 15.8 Å². The number of carbonyl (C=O) groups is 2. The van der Waals surface area contributed by atoms with Gasteiger partial charge in [-0.05, 0) is 17.5 Å². The van der Waals surface area contributed by atoms with Crippen LogP contribution in [0, 0.1) is 10.1 Å². The third kappa shape index (κ3) is 6.05. The van der Waals surface area contributed by atoms with Crippen LogP contribution in [0.4, 0.5) is 11.4 Å². The number of nitrogens with two attached hydrogens (primary N) is 1. The number of anilines is 1. The fraction of sp³-hybridized carbons (Fsp3) is 0.250. The number of nitro benzene ring substituents is 1. The Morgan fingerprint density at radius 3 is 2.81 bits per heavy atom. The summed E-state index contributed by atoms with van der Waals surface area (Å²) in [5, 5.41) is 15.3. The summed E-state index contributed by atoms with van der Waals surface area (Å²) in [6.07, 6.45) is 0. The number of rotatable bonds is 9. The Morgan fingerprint density at radius 1 is 1.35 bits per heavy atom. The maximum absolute atomic E-state index is 11.9. The number of nitrogens with one attached hydrogen (secondary N) is 1. The van der Waals surface area contributed by atoms with Crippen LogP contribution in [-0.4, -0.2) is 35.7 Å². The zero-order valence-corrected chi connectivity index (χ0v) is 15.3. The third-order valence-electron chi connectivity index (χ3n) is 3.19. The number of hydrogen-bond donors (Lipinski definition) is 2. The number of thiophene rings is 1. The Morgan fingerprint density at radius 2 is 2.15 bits per heavy atom. The SMILES string of the molecule is Nc1cc([N+](=O)[O-])ccc1C(=O)OCC(=O)NCCSCc1cccs1. The number of ether oxygens (including phenoxy) is 1. The second-order valence-electron chi connectivity index (χ2n) is 5.09. The Bertz CT molecular complexity index is 780. The van der Waals surface area contributed by atoms with Gasteiger partial charge in [0.15, 0.2) is 6.61 Å². The lowest BCUT2D eigenvalue weighted by atomic mass is 10.1. The van der Waals surface area contributed by atoms with Crippen LogP contribution in [0.3, 0.4) is 0 Å². The van der Waals surface area contributed by atoms with Gasteiger partial charge in [0, 0.05) is 35.1 Å². The molecule has 0 unspecified atom stereocenters. The molecule has 1 aromatic carbocycles. The van der Waals surface area contributed by atoms with Gasteiger partial charge in [0.2, 0.25) is 0 Å². The van der Waals surface area contributed by atoms with Gasteiger partial charge in [-0.15, -0.1) is 11.3 Å². The maximum atomic E-state index is 11.9. The summed E-state index contributed by atoms with van der Waals surface area (Å²) in [5.41, 5.74) is 5.29. The largest absolute Gasteiger partial charge is 0.452 e. The van der Waals surface area contributed by atoms with Gasteiger partial charge in [-0.3, -0.25) is 14.9 Å². The Labute approximate surface area is 157 Å². The highest BCUT2D eigenvalue weighted by Crippen LogP contribution is 2.20. The summed E-state index contributed by atoms with van der Waals surface area (Å²) < 4.78 is 4.88. The summed E-state index contributed by atoms with van der Waals surface area (Å²) in [6.45, 7) is 0.0248. The van der Waals surface area contributed by atoms with Crippen LogP contribution in [0.15, 0.2) is 35.7 Å². The van der Waals surface area contributed by atoms with Crippen molar-refractivity contribution in [2.45, 2.75) is 5.75 Å². The van der Waals surface area contributed by atoms with E-state index in [4.69, 9.17) is 10.5 Å². The summed E-state index contributed by atoms with van der Waals surface area (Å²) in [7, 11) is 0. The predicted molar refractivity (Wildman–Crippen MR) is 101 cm³/mol. The molecule has 8 nitrogen and oxygen atoms in total. The monoisotopic (exact) mass is 395 g/mol. The predicted octanol–water partition coefficient (Wildman–Crippen LogP) is 2.44. The normalized spacial score (nSPS) is 10.3. The second kappa shape index (κ2) is 9.78. The number of nitrogen functional groups attached to an aromatic ring is 1. The van der Waals surface area contributed by atoms with Gasteiger partial charge in [0.1, 0.15) is 0 Å². The van der Waals surface area contributed by atoms with E-state index in [-0.39, 0.29) is 16.9 Å². The van der Waals surface area contributed by atoms with Crippen LogP contribution in [0.25, 0.3) is 0 Å². The van der Waals surface area contributed by atoms with Gasteiger partial charge >= 0.3 is 5.97 Å². The van der Waals surface area contributed by atoms with Crippen LogP contribution in [0.1, 0.15) is 15.2 Å². The molecular weight excluding hydrogens is 378 g/mol. The first-order valence-electron chi connectivity index (χ1n) is 7.55. The molecule has 0 bridgehead atoms. The minimum Gasteiger partial charge on any atom is -0.452 e. The molecule has 1 aromatic heterocycles. The fourth-order valence-electron chi connectivity index (χ4n) is 1.94. The summed E-state index contributed by atoms with van der Waals surface area (Å²) in [4.78, 5) is 34.9. The molecule has 10 heteroatoms. The van der Waals surface area contributed by atoms with E-state index in [0.29, 0.717) is 6.54 Å². The number of carbonyl (C=O) groups excluding carboxylic acids is 2. The van der Waals surface area contributed by atoms with Gasteiger partial charge in [0.05, 0.1) is 16.2 Å². The zero-order valence-electron chi connectivity index (χ0n) is 13.7. The molecule has 2 aromatic rings. The quantitative estimate of drug-likeness (QED) is 0.220. The first-order chi connectivity index (χ1) is 12.5. The Hall–Kier alpha value is -2.59. The van der Waals surface area contributed by atoms with Crippen molar-refractivity contribution < 1.29 is 19.2 Å². The molecule has 0 fully saturated rings. The lowest BCUT2D eigenvalue weighted by Gasteiger charge is -2.08. The maximum Gasteiger partial charge on any atom is 0.340 e. The average molecular weight is 395 g/mol. The molecule has 0 saturated heterocycles. The third-order valence-corrected chi connectivity index (χ3v) is 5.26. The topological polar surface area (TPSA) is 125 Å². The fourth-order valence-corrected chi connectivity index (χ4v) is 3.64. The molecule has 0 aliphatic carbocycles. The molecule has 0 aliphatic rings. The molecule has 3 N–H and O–H groups in total. The minimum atomic E-state index is -0.806. The number of nitro groups is 1. The summed E-state index contributed by atoms with van der Waals surface area (Å²) in [5.74, 6) is 0.407. The van der Waals surface area contributed by atoms with Crippen LogP contribution >= 0.6 is 23.1 Å². The number of non-ortho nitro benzene ring substituents is 1. The Kier molecular flexibility index (Phi) is 7.42. The highest BCUT2D eigenvalue weighted by atomic mass is 32.2. The molecule has 2 rings (SSSR count). The first-order valence-corrected chi connectivity index (χ1v) is 9.58. The van der Waals surface area contributed by atoms with Crippen molar-refractivity contribution in [3.63, 3.8) is 0 Å². The summed E-state index contributed by atoms with van der Waals surface area (Å²) in [6, 6.07) is 7.47. The van der Waals surface area contributed by atoms with Crippen molar-refractivity contribution in [1.29, 1.82) is 0 Å². The van der Waals surface area contributed by atoms with Crippen LogP contribution in [-0.2, 0) is 15.3 Å². The van der Waals surface area contributed by atoms with E-state index in [2.05, 4.69) is 11.4 Å². The molecule has 0 radical (unpaired) electrons. The van der Waals surface area contributed by atoms with Crippen molar-refractivity contribution in [1.82, 2.24) is 5.32 Å². The smallest absolute Gasteiger partial charge is 0.340 e. The minimum absolute atomic E-state index is 0.0186. The number of esters is 1.